The van der Waals surface area contributed by atoms with Crippen LogP contribution in [0.5, 0.6) is 0 Å². The second-order valence-corrected chi connectivity index (χ2v) is 8.44. The molecule has 0 bridgehead atoms. The summed E-state index contributed by atoms with van der Waals surface area (Å²) in [7, 11) is 0. The Morgan fingerprint density at radius 1 is 1.50 bits per heavy atom. The molecule has 1 heterocycles. The number of nitrogens with one attached hydrogen (secondary N) is 1. The molecule has 2 amide bonds. The van der Waals surface area contributed by atoms with Crippen LogP contribution in [0.15, 0.2) is 0 Å². The van der Waals surface area contributed by atoms with Gasteiger partial charge in [0.05, 0.1) is 0 Å². The highest BCUT2D eigenvalue weighted by Crippen LogP contribution is 2.58. The molecule has 0 aromatic carbocycles. The fourth-order valence-corrected chi connectivity index (χ4v) is 6.23. The molecule has 0 aromatic heterocycles. The number of thioether (sulfide) groups is 1. The molecule has 7 nitrogen and oxygen atoms in total. The average molecular weight is 356 g/mol. The van der Waals surface area contributed by atoms with Crippen molar-refractivity contribution < 1.29 is 24.2 Å². The summed E-state index contributed by atoms with van der Waals surface area (Å²) in [5.41, 5.74) is 4.26. The van der Waals surface area contributed by atoms with Gasteiger partial charge in [-0.25, -0.2) is 0 Å². The maximum atomic E-state index is 12.4. The Morgan fingerprint density at radius 2 is 2.21 bits per heavy atom. The van der Waals surface area contributed by atoms with Crippen molar-refractivity contribution in [3.8, 4) is 0 Å². The van der Waals surface area contributed by atoms with E-state index in [1.165, 1.54) is 18.7 Å². The summed E-state index contributed by atoms with van der Waals surface area (Å²) in [5, 5.41) is 13.5. The van der Waals surface area contributed by atoms with Crippen LogP contribution in [0.2, 0.25) is 0 Å². The molecule has 7 atom stereocenters. The second-order valence-electron chi connectivity index (χ2n) is 7.23. The van der Waals surface area contributed by atoms with Crippen molar-refractivity contribution in [2.24, 2.45) is 23.5 Å². The fraction of sp³-hybridized carbons (Fsp3) is 0.812. The summed E-state index contributed by atoms with van der Waals surface area (Å²) in [6, 6.07) is -0.788. The molecule has 8 heteroatoms. The third-order valence-corrected chi connectivity index (χ3v) is 7.33. The van der Waals surface area contributed by atoms with Crippen LogP contribution < -0.4 is 11.1 Å². The maximum absolute atomic E-state index is 12.4. The van der Waals surface area contributed by atoms with E-state index in [9.17, 15) is 19.5 Å². The Hall–Kier alpha value is -1.28. The number of carbonyl (C=O) groups excluding carboxylic acids is 3. The molecular weight excluding hydrogens is 332 g/mol. The Morgan fingerprint density at radius 3 is 2.83 bits per heavy atom. The number of esters is 1. The summed E-state index contributed by atoms with van der Waals surface area (Å²) in [6.07, 6.45) is 2.02. The number of carbonyl (C=O) groups is 3. The Kier molecular flexibility index (Phi) is 4.55. The van der Waals surface area contributed by atoms with Gasteiger partial charge in [-0.2, -0.15) is 11.8 Å². The van der Waals surface area contributed by atoms with Gasteiger partial charge in [0.15, 0.2) is 0 Å². The second kappa shape index (κ2) is 6.22. The molecule has 1 unspecified atom stereocenters. The standard InChI is InChI=1S/C16H24N2O5S/c1-7-5-9-3-4-11-16(9,22)12(15(21)23-11)13(7)24-6-10(14(17)20)18-8(2)19/h7,9-13,22H,3-6H2,1-2H3,(H2,17,20)(H,18,19)/t7-,9+,10-,11+,12?,13+,16+/m0/s1. The van der Waals surface area contributed by atoms with E-state index in [2.05, 4.69) is 12.2 Å². The first kappa shape index (κ1) is 17.5. The molecule has 3 aliphatic rings. The van der Waals surface area contributed by atoms with E-state index in [0.29, 0.717) is 6.42 Å². The van der Waals surface area contributed by atoms with Crippen molar-refractivity contribution in [2.45, 2.75) is 56.1 Å². The van der Waals surface area contributed by atoms with Gasteiger partial charge in [-0.05, 0) is 31.1 Å². The molecule has 134 valence electrons. The zero-order chi connectivity index (χ0) is 17.6. The predicted molar refractivity (Wildman–Crippen MR) is 87.9 cm³/mol. The first-order valence-electron chi connectivity index (χ1n) is 8.36. The van der Waals surface area contributed by atoms with E-state index in [-0.39, 0.29) is 34.7 Å². The predicted octanol–water partition coefficient (Wildman–Crippen LogP) is -0.199. The molecule has 0 spiro atoms. The number of ether oxygens (including phenoxy) is 1. The first-order chi connectivity index (χ1) is 11.2. The summed E-state index contributed by atoms with van der Waals surface area (Å²) >= 11 is 1.42. The van der Waals surface area contributed by atoms with Gasteiger partial charge < -0.3 is 20.9 Å². The average Bonchev–Trinajstić information content (AvgIpc) is 2.92. The zero-order valence-electron chi connectivity index (χ0n) is 13.9. The monoisotopic (exact) mass is 356 g/mol. The van der Waals surface area contributed by atoms with Gasteiger partial charge >= 0.3 is 5.97 Å². The Balaban J connectivity index is 1.76. The molecule has 2 saturated carbocycles. The highest BCUT2D eigenvalue weighted by atomic mass is 32.2. The highest BCUT2D eigenvalue weighted by Gasteiger charge is 2.68. The number of nitrogens with two attached hydrogens (primary N) is 1. The molecule has 1 aliphatic heterocycles. The van der Waals surface area contributed by atoms with Crippen LogP contribution >= 0.6 is 11.8 Å². The van der Waals surface area contributed by atoms with E-state index >= 15 is 0 Å². The number of rotatable bonds is 5. The van der Waals surface area contributed by atoms with Gasteiger partial charge in [0.2, 0.25) is 11.8 Å². The number of aliphatic hydroxyl groups is 1. The molecule has 4 N–H and O–H groups in total. The van der Waals surface area contributed by atoms with Crippen molar-refractivity contribution in [3.05, 3.63) is 0 Å². The minimum atomic E-state index is -1.09. The lowest BCUT2D eigenvalue weighted by Crippen LogP contribution is -2.56. The molecule has 0 radical (unpaired) electrons. The lowest BCUT2D eigenvalue weighted by molar-refractivity contribution is -0.145. The van der Waals surface area contributed by atoms with Crippen molar-refractivity contribution in [1.29, 1.82) is 0 Å². The van der Waals surface area contributed by atoms with Crippen molar-refractivity contribution in [1.82, 2.24) is 5.32 Å². The number of hydrogen-bond acceptors (Lipinski definition) is 6. The zero-order valence-corrected chi connectivity index (χ0v) is 14.7. The smallest absolute Gasteiger partial charge is 0.313 e. The van der Waals surface area contributed by atoms with Crippen molar-refractivity contribution in [2.75, 3.05) is 5.75 Å². The van der Waals surface area contributed by atoms with Gasteiger partial charge in [-0.15, -0.1) is 0 Å². The quantitative estimate of drug-likeness (QED) is 0.587. The molecular formula is C16H24N2O5S. The first-order valence-corrected chi connectivity index (χ1v) is 9.40. The Labute approximate surface area is 145 Å². The lowest BCUT2D eigenvalue weighted by atomic mass is 9.66. The van der Waals surface area contributed by atoms with Crippen LogP contribution in [0.3, 0.4) is 0 Å². The number of primary amides is 1. The largest absolute Gasteiger partial charge is 0.459 e. The molecule has 3 rings (SSSR count). The molecule has 24 heavy (non-hydrogen) atoms. The van der Waals surface area contributed by atoms with E-state index in [4.69, 9.17) is 10.5 Å². The highest BCUT2D eigenvalue weighted by molar-refractivity contribution is 8.00. The van der Waals surface area contributed by atoms with E-state index in [1.54, 1.807) is 0 Å². The summed E-state index contributed by atoms with van der Waals surface area (Å²) in [5.74, 6) is -1.27. The number of hydrogen-bond donors (Lipinski definition) is 3. The topological polar surface area (TPSA) is 119 Å². The van der Waals surface area contributed by atoms with E-state index < -0.39 is 29.6 Å². The SMILES string of the molecule is CC(=O)N[C@@H](CS[C@H]1C2C(=O)O[C@@H]3CC[C@H](C[C@@H]1C)[C@]23O)C(N)=O. The molecule has 0 aromatic rings. The third-order valence-electron chi connectivity index (χ3n) is 5.68. The summed E-state index contributed by atoms with van der Waals surface area (Å²) < 4.78 is 5.44. The van der Waals surface area contributed by atoms with Crippen LogP contribution in [0.25, 0.3) is 0 Å². The van der Waals surface area contributed by atoms with Crippen LogP contribution in [0.1, 0.15) is 33.1 Å². The normalized spacial score (nSPS) is 41.5. The molecule has 1 saturated heterocycles. The van der Waals surface area contributed by atoms with Gasteiger partial charge in [-0.3, -0.25) is 14.4 Å². The summed E-state index contributed by atoms with van der Waals surface area (Å²) in [6.45, 7) is 3.39. The van der Waals surface area contributed by atoms with Gasteiger partial charge in [0.1, 0.15) is 23.7 Å². The third kappa shape index (κ3) is 2.69. The van der Waals surface area contributed by atoms with E-state index in [1.807, 2.05) is 0 Å². The summed E-state index contributed by atoms with van der Waals surface area (Å²) in [4.78, 5) is 35.1. The molecule has 3 fully saturated rings. The lowest BCUT2D eigenvalue weighted by Gasteiger charge is -2.44. The number of amides is 2. The maximum Gasteiger partial charge on any atom is 0.313 e. The van der Waals surface area contributed by atoms with Crippen molar-refractivity contribution in [3.63, 3.8) is 0 Å². The minimum absolute atomic E-state index is 0.0908. The van der Waals surface area contributed by atoms with Gasteiger partial charge in [-0.1, -0.05) is 6.92 Å². The van der Waals surface area contributed by atoms with Crippen molar-refractivity contribution >= 4 is 29.5 Å². The van der Waals surface area contributed by atoms with Gasteiger partial charge in [0.25, 0.3) is 0 Å². The van der Waals surface area contributed by atoms with Crippen LogP contribution in [-0.4, -0.2) is 51.6 Å². The van der Waals surface area contributed by atoms with Gasteiger partial charge in [0, 0.05) is 17.9 Å². The fourth-order valence-electron chi connectivity index (χ4n) is 4.61. The minimum Gasteiger partial charge on any atom is -0.459 e. The van der Waals surface area contributed by atoms with Crippen LogP contribution in [-0.2, 0) is 19.1 Å². The van der Waals surface area contributed by atoms with Crippen LogP contribution in [0.4, 0.5) is 0 Å². The van der Waals surface area contributed by atoms with E-state index in [0.717, 1.165) is 12.8 Å². The Bertz CT molecular complexity index is 571. The van der Waals surface area contributed by atoms with Crippen LogP contribution in [0, 0.1) is 17.8 Å². The molecule has 2 aliphatic carbocycles.